The van der Waals surface area contributed by atoms with Crippen LogP contribution < -0.4 is 16.0 Å². The van der Waals surface area contributed by atoms with Gasteiger partial charge >= 0.3 is 6.18 Å². The molecule has 0 bridgehead atoms. The van der Waals surface area contributed by atoms with Crippen LogP contribution in [0.5, 0.6) is 0 Å². The van der Waals surface area contributed by atoms with Crippen LogP contribution in [-0.2, 0) is 15.8 Å². The van der Waals surface area contributed by atoms with E-state index < -0.39 is 46.2 Å². The van der Waals surface area contributed by atoms with Crippen LogP contribution in [0.3, 0.4) is 0 Å². The van der Waals surface area contributed by atoms with E-state index in [1.54, 1.807) is 84.9 Å². The van der Waals surface area contributed by atoms with Gasteiger partial charge in [-0.25, -0.2) is 4.39 Å². The number of alkyl halides is 3. The molecule has 1 unspecified atom stereocenters. The fraction of sp³-hybridized carbons (Fsp3) is 0.0541. The molecule has 0 aromatic heterocycles. The Labute approximate surface area is 288 Å². The van der Waals surface area contributed by atoms with Gasteiger partial charge in [-0.05, 0) is 77.9 Å². The average Bonchev–Trinajstić information content (AvgIpc) is 3.09. The van der Waals surface area contributed by atoms with Crippen molar-refractivity contribution in [2.75, 3.05) is 10.6 Å². The summed E-state index contributed by atoms with van der Waals surface area (Å²) >= 11 is 6.87. The van der Waals surface area contributed by atoms with Crippen molar-refractivity contribution in [3.05, 3.63) is 166 Å². The number of halogens is 5. The molecule has 3 N–H and O–H groups in total. The van der Waals surface area contributed by atoms with Crippen molar-refractivity contribution >= 4 is 58.5 Å². The Balaban J connectivity index is 1.39. The van der Waals surface area contributed by atoms with E-state index in [9.17, 15) is 31.9 Å². The Kier molecular flexibility index (Phi) is 11.2. The van der Waals surface area contributed by atoms with Gasteiger partial charge in [0.2, 0.25) is 5.91 Å². The molecule has 5 aromatic rings. The van der Waals surface area contributed by atoms with Crippen molar-refractivity contribution in [1.82, 2.24) is 5.32 Å². The minimum atomic E-state index is -4.76. The fourth-order valence-electron chi connectivity index (χ4n) is 4.61. The maximum Gasteiger partial charge on any atom is 0.418 e. The van der Waals surface area contributed by atoms with E-state index in [0.29, 0.717) is 27.3 Å². The molecule has 0 saturated carbocycles. The van der Waals surface area contributed by atoms with Crippen molar-refractivity contribution < 1.29 is 31.9 Å². The molecule has 6 nitrogen and oxygen atoms in total. The Morgan fingerprint density at radius 1 is 0.755 bits per heavy atom. The van der Waals surface area contributed by atoms with Crippen molar-refractivity contribution in [1.29, 1.82) is 0 Å². The molecular formula is C37H26ClF4N3O3S. The summed E-state index contributed by atoms with van der Waals surface area (Å²) in [4.78, 5) is 40.5. The highest BCUT2D eigenvalue weighted by molar-refractivity contribution is 8.00. The number of carbonyl (C=O) groups excluding carboxylic acids is 3. The summed E-state index contributed by atoms with van der Waals surface area (Å²) in [6.07, 6.45) is -3.37. The first-order valence-corrected chi connectivity index (χ1v) is 15.9. The maximum atomic E-state index is 13.8. The number of nitrogens with one attached hydrogen (secondary N) is 3. The van der Waals surface area contributed by atoms with E-state index in [1.165, 1.54) is 36.4 Å². The van der Waals surface area contributed by atoms with Crippen molar-refractivity contribution in [3.8, 4) is 0 Å². The molecule has 49 heavy (non-hydrogen) atoms. The smallest absolute Gasteiger partial charge is 0.324 e. The highest BCUT2D eigenvalue weighted by Crippen LogP contribution is 2.40. The molecule has 1 atom stereocenters. The van der Waals surface area contributed by atoms with Crippen LogP contribution in [0.25, 0.3) is 6.08 Å². The second kappa shape index (κ2) is 15.7. The number of carbonyl (C=O) groups is 3. The van der Waals surface area contributed by atoms with Gasteiger partial charge in [-0.1, -0.05) is 78.3 Å². The van der Waals surface area contributed by atoms with Crippen LogP contribution in [0.15, 0.2) is 138 Å². The van der Waals surface area contributed by atoms with Crippen molar-refractivity contribution in [2.24, 2.45) is 0 Å². The second-order valence-corrected chi connectivity index (χ2v) is 12.1. The first kappa shape index (κ1) is 34.9. The maximum absolute atomic E-state index is 13.8. The predicted molar refractivity (Wildman–Crippen MR) is 183 cm³/mol. The highest BCUT2D eigenvalue weighted by atomic mass is 35.5. The summed E-state index contributed by atoms with van der Waals surface area (Å²) in [5.41, 5.74) is -0.0572. The monoisotopic (exact) mass is 703 g/mol. The summed E-state index contributed by atoms with van der Waals surface area (Å²) in [6.45, 7) is 0. The minimum Gasteiger partial charge on any atom is -0.324 e. The van der Waals surface area contributed by atoms with E-state index in [2.05, 4.69) is 16.0 Å². The minimum absolute atomic E-state index is 0.122. The number of anilines is 2. The number of thioether (sulfide) groups is 1. The SMILES string of the molecule is O=C(Nc1cccc(SC(C(=O)Nc2ccc(Cl)cc2C(F)(F)F)c2ccccc2)c1)/C(=C/c1ccc(F)cc1)NC(=O)c1ccccc1. The summed E-state index contributed by atoms with van der Waals surface area (Å²) in [7, 11) is 0. The predicted octanol–water partition coefficient (Wildman–Crippen LogP) is 9.38. The lowest BCUT2D eigenvalue weighted by molar-refractivity contribution is -0.137. The first-order valence-electron chi connectivity index (χ1n) is 14.6. The fourth-order valence-corrected chi connectivity index (χ4v) is 5.86. The summed E-state index contributed by atoms with van der Waals surface area (Å²) in [5.74, 6) is -2.41. The molecule has 0 saturated heterocycles. The van der Waals surface area contributed by atoms with Crippen LogP contribution in [0.1, 0.15) is 32.3 Å². The third kappa shape index (κ3) is 9.59. The molecular weight excluding hydrogens is 678 g/mol. The molecule has 248 valence electrons. The number of hydrogen-bond donors (Lipinski definition) is 3. The average molecular weight is 704 g/mol. The van der Waals surface area contributed by atoms with Gasteiger partial charge in [0, 0.05) is 21.2 Å². The number of hydrogen-bond acceptors (Lipinski definition) is 4. The van der Waals surface area contributed by atoms with E-state index in [0.717, 1.165) is 23.9 Å². The number of amides is 3. The summed E-state index contributed by atoms with van der Waals surface area (Å²) < 4.78 is 54.8. The Morgan fingerprint density at radius 2 is 1.43 bits per heavy atom. The van der Waals surface area contributed by atoms with Gasteiger partial charge in [0.25, 0.3) is 11.8 Å². The Bertz CT molecular complexity index is 1990. The normalized spacial score (nSPS) is 12.1. The first-order chi connectivity index (χ1) is 23.5. The summed E-state index contributed by atoms with van der Waals surface area (Å²) in [6, 6.07) is 31.7. The van der Waals surface area contributed by atoms with Gasteiger partial charge in [0.05, 0.1) is 11.3 Å². The van der Waals surface area contributed by atoms with Crippen LogP contribution in [0, 0.1) is 5.82 Å². The van der Waals surface area contributed by atoms with E-state index >= 15 is 0 Å². The molecule has 12 heteroatoms. The van der Waals surface area contributed by atoms with Crippen molar-refractivity contribution in [3.63, 3.8) is 0 Å². The largest absolute Gasteiger partial charge is 0.418 e. The Hall–Kier alpha value is -5.39. The lowest BCUT2D eigenvalue weighted by Crippen LogP contribution is -2.30. The molecule has 5 rings (SSSR count). The lowest BCUT2D eigenvalue weighted by Gasteiger charge is -2.20. The third-order valence-corrected chi connectivity index (χ3v) is 8.42. The zero-order valence-electron chi connectivity index (χ0n) is 25.3. The highest BCUT2D eigenvalue weighted by Gasteiger charge is 2.35. The van der Waals surface area contributed by atoms with Gasteiger partial charge in [0.1, 0.15) is 16.8 Å². The molecule has 5 aromatic carbocycles. The molecule has 0 aliphatic carbocycles. The quantitative estimate of drug-likeness (QED) is 0.0769. The lowest BCUT2D eigenvalue weighted by atomic mass is 10.1. The third-order valence-electron chi connectivity index (χ3n) is 6.94. The molecule has 0 aliphatic heterocycles. The molecule has 0 radical (unpaired) electrons. The molecule has 0 aliphatic rings. The van der Waals surface area contributed by atoms with Crippen LogP contribution in [0.4, 0.5) is 28.9 Å². The topological polar surface area (TPSA) is 87.3 Å². The van der Waals surface area contributed by atoms with E-state index in [1.807, 2.05) is 0 Å². The van der Waals surface area contributed by atoms with Gasteiger partial charge < -0.3 is 16.0 Å². The number of rotatable bonds is 10. The van der Waals surface area contributed by atoms with Crippen LogP contribution in [0.2, 0.25) is 5.02 Å². The number of benzene rings is 5. The standard InChI is InChI=1S/C37H26ClF4N3O3S/c38-26-16-19-31(30(21-26)37(40,41)42)44-36(48)33(24-8-3-1-4-9-24)49-29-13-7-12-28(22-29)43-35(47)32(20-23-14-17-27(39)18-15-23)45-34(46)25-10-5-2-6-11-25/h1-22,33H,(H,43,47)(H,44,48)(H,45,46)/b32-20-. The van der Waals surface area contributed by atoms with E-state index in [4.69, 9.17) is 11.6 Å². The molecule has 0 spiro atoms. The van der Waals surface area contributed by atoms with Crippen molar-refractivity contribution in [2.45, 2.75) is 16.3 Å². The van der Waals surface area contributed by atoms with Crippen LogP contribution in [-0.4, -0.2) is 17.7 Å². The van der Waals surface area contributed by atoms with Gasteiger partial charge in [0.15, 0.2) is 0 Å². The molecule has 0 fully saturated rings. The van der Waals surface area contributed by atoms with Gasteiger partial charge in [-0.2, -0.15) is 13.2 Å². The van der Waals surface area contributed by atoms with Gasteiger partial charge in [-0.3, -0.25) is 14.4 Å². The Morgan fingerprint density at radius 3 is 2.10 bits per heavy atom. The zero-order valence-corrected chi connectivity index (χ0v) is 26.9. The molecule has 0 heterocycles. The zero-order chi connectivity index (χ0) is 35.0. The second-order valence-electron chi connectivity index (χ2n) is 10.5. The van der Waals surface area contributed by atoms with Gasteiger partial charge in [-0.15, -0.1) is 11.8 Å². The summed E-state index contributed by atoms with van der Waals surface area (Å²) in [5, 5.41) is 6.62. The molecule has 3 amide bonds. The van der Waals surface area contributed by atoms with Crippen LogP contribution >= 0.6 is 23.4 Å². The van der Waals surface area contributed by atoms with E-state index in [-0.39, 0.29) is 10.7 Å².